The second kappa shape index (κ2) is 9.92. The lowest BCUT2D eigenvalue weighted by atomic mass is 9.70. The highest BCUT2D eigenvalue weighted by Crippen LogP contribution is 2.46. The van der Waals surface area contributed by atoms with Crippen LogP contribution in [-0.4, -0.2) is 26.2 Å². The summed E-state index contributed by atoms with van der Waals surface area (Å²) in [5.74, 6) is -0.785. The predicted octanol–water partition coefficient (Wildman–Crippen LogP) is 6.42. The standard InChI is InChI=1S/C26H25F5N2O3S/c1-16(27)6-7-17-14-18(26(29,30)31)8-10-20(17)25(2)12-13-36-22-15-19(9-11-21(22)25)37(34,35)33-24-5-3-4-23(28)32-24/h3-5,8-11,14-16H,6-7,12-13H2,1-2H3,(H,32,33)/t16?,25-/m0/s1. The first kappa shape index (κ1) is 26.8. The van der Waals surface area contributed by atoms with Crippen LogP contribution in [0.5, 0.6) is 5.75 Å². The number of ether oxygens (including phenoxy) is 1. The molecule has 1 aliphatic heterocycles. The van der Waals surface area contributed by atoms with E-state index in [0.717, 1.165) is 18.2 Å². The molecule has 0 radical (unpaired) electrons. The quantitative estimate of drug-likeness (QED) is 0.278. The molecule has 1 N–H and O–H groups in total. The van der Waals surface area contributed by atoms with Gasteiger partial charge in [-0.05, 0) is 67.6 Å². The molecule has 1 unspecified atom stereocenters. The number of aromatic nitrogens is 1. The Hall–Kier alpha value is -3.21. The Kier molecular flexibility index (Phi) is 7.20. The number of aryl methyl sites for hydroxylation is 1. The summed E-state index contributed by atoms with van der Waals surface area (Å²) in [6.45, 7) is 3.39. The van der Waals surface area contributed by atoms with E-state index in [0.29, 0.717) is 23.1 Å². The number of anilines is 1. The van der Waals surface area contributed by atoms with Crippen LogP contribution < -0.4 is 9.46 Å². The summed E-state index contributed by atoms with van der Waals surface area (Å²) in [5, 5.41) is 0. The molecule has 0 spiro atoms. The Morgan fingerprint density at radius 1 is 1.11 bits per heavy atom. The zero-order valence-corrected chi connectivity index (χ0v) is 20.9. The van der Waals surface area contributed by atoms with E-state index in [2.05, 4.69) is 9.71 Å². The molecule has 198 valence electrons. The number of pyridine rings is 1. The molecule has 1 aromatic heterocycles. The van der Waals surface area contributed by atoms with E-state index in [1.54, 1.807) is 6.07 Å². The third kappa shape index (κ3) is 5.71. The molecule has 2 heterocycles. The molecule has 11 heteroatoms. The van der Waals surface area contributed by atoms with E-state index in [-0.39, 0.29) is 35.9 Å². The van der Waals surface area contributed by atoms with Crippen LogP contribution >= 0.6 is 0 Å². The topological polar surface area (TPSA) is 68.3 Å². The van der Waals surface area contributed by atoms with Crippen LogP contribution in [0, 0.1) is 5.95 Å². The van der Waals surface area contributed by atoms with Gasteiger partial charge in [0.1, 0.15) is 11.6 Å². The van der Waals surface area contributed by atoms with Gasteiger partial charge in [0.25, 0.3) is 10.0 Å². The normalized spacial score (nSPS) is 18.6. The Morgan fingerprint density at radius 2 is 1.84 bits per heavy atom. The van der Waals surface area contributed by atoms with Gasteiger partial charge in [0.05, 0.1) is 23.2 Å². The Morgan fingerprint density at radius 3 is 2.51 bits per heavy atom. The molecule has 2 atom stereocenters. The Bertz CT molecular complexity index is 1410. The number of hydrogen-bond donors (Lipinski definition) is 1. The second-order valence-electron chi connectivity index (χ2n) is 9.23. The molecule has 1 aliphatic rings. The molecule has 0 amide bonds. The predicted molar refractivity (Wildman–Crippen MR) is 128 cm³/mol. The van der Waals surface area contributed by atoms with Crippen LogP contribution in [0.3, 0.4) is 0 Å². The first-order chi connectivity index (χ1) is 17.3. The third-order valence-corrected chi connectivity index (χ3v) is 7.86. The molecular weight excluding hydrogens is 515 g/mol. The smallest absolute Gasteiger partial charge is 0.416 e. The lowest BCUT2D eigenvalue weighted by molar-refractivity contribution is -0.137. The number of nitrogens with zero attached hydrogens (tertiary/aromatic N) is 1. The lowest BCUT2D eigenvalue weighted by Crippen LogP contribution is -2.32. The first-order valence-corrected chi connectivity index (χ1v) is 13.1. The fourth-order valence-electron chi connectivity index (χ4n) is 4.56. The zero-order valence-electron chi connectivity index (χ0n) is 20.1. The highest BCUT2D eigenvalue weighted by atomic mass is 32.2. The number of hydrogen-bond acceptors (Lipinski definition) is 4. The van der Waals surface area contributed by atoms with Gasteiger partial charge in [-0.1, -0.05) is 25.1 Å². The third-order valence-electron chi connectivity index (χ3n) is 6.51. The van der Waals surface area contributed by atoms with Crippen molar-refractivity contribution in [2.45, 2.75) is 55.8 Å². The molecule has 0 bridgehead atoms. The van der Waals surface area contributed by atoms with Crippen molar-refractivity contribution < 1.29 is 35.1 Å². The number of alkyl halides is 4. The Labute approximate surface area is 211 Å². The van der Waals surface area contributed by atoms with Crippen LogP contribution in [0.2, 0.25) is 0 Å². The van der Waals surface area contributed by atoms with Gasteiger partial charge in [0.15, 0.2) is 0 Å². The minimum absolute atomic E-state index is 0.0602. The molecule has 37 heavy (non-hydrogen) atoms. The lowest BCUT2D eigenvalue weighted by Gasteiger charge is -2.38. The molecule has 3 aromatic rings. The second-order valence-corrected chi connectivity index (χ2v) is 10.9. The van der Waals surface area contributed by atoms with E-state index >= 15 is 0 Å². The maximum atomic E-state index is 13.6. The van der Waals surface area contributed by atoms with Gasteiger partial charge >= 0.3 is 6.18 Å². The summed E-state index contributed by atoms with van der Waals surface area (Å²) in [6.07, 6.45) is -5.15. The number of nitrogens with one attached hydrogen (secondary N) is 1. The number of fused-ring (bicyclic) bond motifs is 1. The van der Waals surface area contributed by atoms with Gasteiger partial charge in [-0.3, -0.25) is 4.72 Å². The van der Waals surface area contributed by atoms with Crippen molar-refractivity contribution in [3.63, 3.8) is 0 Å². The van der Waals surface area contributed by atoms with Crippen LogP contribution in [0.4, 0.5) is 27.8 Å². The highest BCUT2D eigenvalue weighted by molar-refractivity contribution is 7.92. The van der Waals surface area contributed by atoms with Crippen molar-refractivity contribution in [3.05, 3.63) is 82.8 Å². The van der Waals surface area contributed by atoms with Crippen molar-refractivity contribution in [1.82, 2.24) is 4.98 Å². The minimum atomic E-state index is -4.55. The van der Waals surface area contributed by atoms with Crippen molar-refractivity contribution in [2.24, 2.45) is 0 Å². The number of benzene rings is 2. The minimum Gasteiger partial charge on any atom is -0.493 e. The van der Waals surface area contributed by atoms with Gasteiger partial charge in [-0.25, -0.2) is 17.8 Å². The van der Waals surface area contributed by atoms with Crippen molar-refractivity contribution in [2.75, 3.05) is 11.3 Å². The summed E-state index contributed by atoms with van der Waals surface area (Å²) in [6, 6.07) is 11.4. The largest absolute Gasteiger partial charge is 0.493 e. The molecule has 0 fully saturated rings. The molecule has 0 aliphatic carbocycles. The molecule has 0 saturated carbocycles. The summed E-state index contributed by atoms with van der Waals surface area (Å²) in [7, 11) is -4.14. The average molecular weight is 541 g/mol. The fourth-order valence-corrected chi connectivity index (χ4v) is 5.57. The van der Waals surface area contributed by atoms with Gasteiger partial charge in [0, 0.05) is 17.0 Å². The van der Waals surface area contributed by atoms with E-state index < -0.39 is 39.3 Å². The van der Waals surface area contributed by atoms with Gasteiger partial charge in [0.2, 0.25) is 5.95 Å². The summed E-state index contributed by atoms with van der Waals surface area (Å²) < 4.78 is 101. The van der Waals surface area contributed by atoms with Crippen LogP contribution in [0.15, 0.2) is 59.5 Å². The molecule has 0 saturated heterocycles. The van der Waals surface area contributed by atoms with E-state index in [1.807, 2.05) is 6.92 Å². The fraction of sp³-hybridized carbons (Fsp3) is 0.346. The number of rotatable bonds is 7. The first-order valence-electron chi connectivity index (χ1n) is 11.6. The average Bonchev–Trinajstić information content (AvgIpc) is 2.81. The molecule has 5 nitrogen and oxygen atoms in total. The monoisotopic (exact) mass is 540 g/mol. The van der Waals surface area contributed by atoms with Crippen molar-refractivity contribution in [3.8, 4) is 5.75 Å². The van der Waals surface area contributed by atoms with Crippen LogP contribution in [-0.2, 0) is 28.0 Å². The maximum absolute atomic E-state index is 13.6. The SMILES string of the molecule is CC(F)CCc1cc(C(F)(F)F)ccc1[C@]1(C)CCOc2cc(S(=O)(=O)Nc3cccc(F)n3)ccc21. The highest BCUT2D eigenvalue weighted by Gasteiger charge is 2.39. The summed E-state index contributed by atoms with van der Waals surface area (Å²) in [5.41, 5.74) is -0.0523. The Balaban J connectivity index is 1.74. The summed E-state index contributed by atoms with van der Waals surface area (Å²) in [4.78, 5) is 3.35. The number of sulfonamides is 1. The van der Waals surface area contributed by atoms with Crippen molar-refractivity contribution >= 4 is 15.8 Å². The zero-order chi connectivity index (χ0) is 27.0. The van der Waals surface area contributed by atoms with Gasteiger partial charge in [-0.2, -0.15) is 17.6 Å². The molecule has 2 aromatic carbocycles. The summed E-state index contributed by atoms with van der Waals surface area (Å²) >= 11 is 0. The number of halogens is 5. The van der Waals surface area contributed by atoms with Gasteiger partial charge < -0.3 is 4.74 Å². The van der Waals surface area contributed by atoms with E-state index in [4.69, 9.17) is 4.74 Å². The molecule has 4 rings (SSSR count). The van der Waals surface area contributed by atoms with Crippen molar-refractivity contribution in [1.29, 1.82) is 0 Å². The van der Waals surface area contributed by atoms with Crippen LogP contribution in [0.1, 0.15) is 48.9 Å². The maximum Gasteiger partial charge on any atom is 0.416 e. The van der Waals surface area contributed by atoms with Crippen LogP contribution in [0.25, 0.3) is 0 Å². The van der Waals surface area contributed by atoms with E-state index in [1.165, 1.54) is 37.3 Å². The van der Waals surface area contributed by atoms with Gasteiger partial charge in [-0.15, -0.1) is 0 Å². The van der Waals surface area contributed by atoms with E-state index in [9.17, 15) is 30.4 Å². The molecular formula is C26H25F5N2O3S.